The minimum absolute atomic E-state index is 0.0948. The van der Waals surface area contributed by atoms with Crippen LogP contribution in [0.25, 0.3) is 0 Å². The molecule has 0 amide bonds. The molecule has 0 atom stereocenters. The lowest BCUT2D eigenvalue weighted by molar-refractivity contribution is 0.0498. The largest absolute Gasteiger partial charge is 0.460 e. The van der Waals surface area contributed by atoms with Crippen LogP contribution in [0.5, 0.6) is 0 Å². The first-order valence-corrected chi connectivity index (χ1v) is 5.79. The van der Waals surface area contributed by atoms with Gasteiger partial charge >= 0.3 is 5.97 Å². The summed E-state index contributed by atoms with van der Waals surface area (Å²) in [6, 6.07) is 0. The van der Waals surface area contributed by atoms with Crippen molar-refractivity contribution in [2.75, 3.05) is 33.5 Å². The quantitative estimate of drug-likeness (QED) is 0.451. The summed E-state index contributed by atoms with van der Waals surface area (Å²) in [5, 5.41) is 10.8. The van der Waals surface area contributed by atoms with Crippen molar-refractivity contribution in [2.45, 2.75) is 19.9 Å². The van der Waals surface area contributed by atoms with Crippen LogP contribution < -0.4 is 0 Å². The summed E-state index contributed by atoms with van der Waals surface area (Å²) in [6.07, 6.45) is 0.830. The zero-order chi connectivity index (χ0) is 13.2. The van der Waals surface area contributed by atoms with Crippen molar-refractivity contribution in [3.05, 3.63) is 5.82 Å². The molecule has 1 aromatic rings. The molecule has 0 aromatic carbocycles. The molecule has 0 aliphatic heterocycles. The lowest BCUT2D eigenvalue weighted by Gasteiger charge is -2.05. The van der Waals surface area contributed by atoms with E-state index in [1.807, 2.05) is 0 Å². The number of aromatic nitrogens is 4. The molecule has 1 aromatic heterocycles. The van der Waals surface area contributed by atoms with E-state index in [4.69, 9.17) is 14.2 Å². The van der Waals surface area contributed by atoms with Gasteiger partial charge in [0.2, 0.25) is 0 Å². The van der Waals surface area contributed by atoms with Gasteiger partial charge in [0.1, 0.15) is 0 Å². The number of rotatable bonds is 9. The van der Waals surface area contributed by atoms with Gasteiger partial charge in [-0.1, -0.05) is 0 Å². The van der Waals surface area contributed by atoms with Crippen LogP contribution in [-0.4, -0.2) is 59.7 Å². The molecule has 0 aliphatic rings. The maximum absolute atomic E-state index is 11.5. The molecule has 102 valence electrons. The predicted molar refractivity (Wildman–Crippen MR) is 61.1 cm³/mol. The van der Waals surface area contributed by atoms with E-state index in [-0.39, 0.29) is 5.82 Å². The molecule has 0 saturated carbocycles. The van der Waals surface area contributed by atoms with Crippen LogP contribution in [0.15, 0.2) is 0 Å². The van der Waals surface area contributed by atoms with Crippen LogP contribution in [0.3, 0.4) is 0 Å². The summed E-state index contributed by atoms with van der Waals surface area (Å²) in [4.78, 5) is 11.5. The van der Waals surface area contributed by atoms with Gasteiger partial charge in [0.05, 0.1) is 19.8 Å². The number of carbonyl (C=O) groups is 1. The highest BCUT2D eigenvalue weighted by Gasteiger charge is 2.15. The first-order valence-electron chi connectivity index (χ1n) is 5.79. The molecule has 1 rings (SSSR count). The van der Waals surface area contributed by atoms with E-state index in [1.54, 1.807) is 14.0 Å². The first-order chi connectivity index (χ1) is 8.79. The summed E-state index contributed by atoms with van der Waals surface area (Å²) in [5.74, 6) is -0.431. The van der Waals surface area contributed by atoms with Crippen LogP contribution in [0.2, 0.25) is 0 Å². The molecular weight excluding hydrogens is 240 g/mol. The van der Waals surface area contributed by atoms with E-state index < -0.39 is 5.97 Å². The molecule has 0 unspecified atom stereocenters. The van der Waals surface area contributed by atoms with Crippen molar-refractivity contribution in [1.29, 1.82) is 0 Å². The Labute approximate surface area is 105 Å². The molecule has 0 N–H and O–H groups in total. The molecule has 0 saturated heterocycles. The minimum Gasteiger partial charge on any atom is -0.460 e. The average Bonchev–Trinajstić information content (AvgIpc) is 2.82. The van der Waals surface area contributed by atoms with E-state index in [0.29, 0.717) is 33.0 Å². The summed E-state index contributed by atoms with van der Waals surface area (Å²) in [5.41, 5.74) is 0. The maximum Gasteiger partial charge on any atom is 0.378 e. The van der Waals surface area contributed by atoms with Gasteiger partial charge in [0.25, 0.3) is 5.82 Å². The second-order valence-electron chi connectivity index (χ2n) is 3.40. The highest BCUT2D eigenvalue weighted by atomic mass is 16.5. The van der Waals surface area contributed by atoms with Gasteiger partial charge in [-0.25, -0.2) is 9.48 Å². The number of tetrazole rings is 1. The number of hydrogen-bond donors (Lipinski definition) is 0. The fourth-order valence-corrected chi connectivity index (χ4v) is 1.26. The van der Waals surface area contributed by atoms with Crippen molar-refractivity contribution in [2.24, 2.45) is 0 Å². The molecule has 0 fully saturated rings. The van der Waals surface area contributed by atoms with Crippen molar-refractivity contribution in [3.8, 4) is 0 Å². The standard InChI is InChI=1S/C10H18N4O4/c1-3-18-10(15)9-11-12-13-14(9)5-8-17-7-4-6-16-2/h3-8H2,1-2H3. The lowest BCUT2D eigenvalue weighted by Crippen LogP contribution is -2.17. The zero-order valence-corrected chi connectivity index (χ0v) is 10.7. The Balaban J connectivity index is 2.30. The van der Waals surface area contributed by atoms with E-state index >= 15 is 0 Å². The normalized spacial score (nSPS) is 10.6. The third-order valence-electron chi connectivity index (χ3n) is 2.07. The van der Waals surface area contributed by atoms with Crippen LogP contribution in [0.4, 0.5) is 0 Å². The third-order valence-corrected chi connectivity index (χ3v) is 2.07. The lowest BCUT2D eigenvalue weighted by atomic mass is 10.5. The SMILES string of the molecule is CCOC(=O)c1nnnn1CCOCCCOC. The summed E-state index contributed by atoms with van der Waals surface area (Å²) >= 11 is 0. The number of carbonyl (C=O) groups excluding carboxylic acids is 1. The van der Waals surface area contributed by atoms with E-state index in [1.165, 1.54) is 4.68 Å². The molecule has 1 heterocycles. The number of nitrogens with zero attached hydrogens (tertiary/aromatic N) is 4. The molecule has 8 heteroatoms. The van der Waals surface area contributed by atoms with Crippen molar-refractivity contribution in [1.82, 2.24) is 20.2 Å². The summed E-state index contributed by atoms with van der Waals surface area (Å²) < 4.78 is 16.4. The fraction of sp³-hybridized carbons (Fsp3) is 0.800. The van der Waals surface area contributed by atoms with Gasteiger partial charge in [-0.05, 0) is 23.8 Å². The molecule has 18 heavy (non-hydrogen) atoms. The minimum atomic E-state index is -0.526. The molecular formula is C10H18N4O4. The Bertz CT molecular complexity index is 355. The second-order valence-corrected chi connectivity index (χ2v) is 3.40. The van der Waals surface area contributed by atoms with Crippen LogP contribution in [0.1, 0.15) is 24.0 Å². The van der Waals surface area contributed by atoms with E-state index in [2.05, 4.69) is 15.5 Å². The Kier molecular flexibility index (Phi) is 6.89. The molecule has 0 aliphatic carbocycles. The van der Waals surface area contributed by atoms with Gasteiger partial charge in [-0.15, -0.1) is 5.10 Å². The highest BCUT2D eigenvalue weighted by Crippen LogP contribution is 1.96. The predicted octanol–water partition coefficient (Wildman–Crippen LogP) is -0.0971. The Morgan fingerprint density at radius 2 is 2.17 bits per heavy atom. The molecule has 0 radical (unpaired) electrons. The monoisotopic (exact) mass is 258 g/mol. The van der Waals surface area contributed by atoms with E-state index in [0.717, 1.165) is 6.42 Å². The van der Waals surface area contributed by atoms with E-state index in [9.17, 15) is 4.79 Å². The fourth-order valence-electron chi connectivity index (χ4n) is 1.26. The number of ether oxygens (including phenoxy) is 3. The smallest absolute Gasteiger partial charge is 0.378 e. The summed E-state index contributed by atoms with van der Waals surface area (Å²) in [7, 11) is 1.65. The second kappa shape index (κ2) is 8.54. The van der Waals surface area contributed by atoms with Crippen molar-refractivity contribution < 1.29 is 19.0 Å². The zero-order valence-electron chi connectivity index (χ0n) is 10.7. The Morgan fingerprint density at radius 1 is 1.33 bits per heavy atom. The first kappa shape index (κ1) is 14.5. The van der Waals surface area contributed by atoms with Gasteiger partial charge in [0, 0.05) is 20.3 Å². The van der Waals surface area contributed by atoms with Crippen molar-refractivity contribution >= 4 is 5.97 Å². The molecule has 8 nitrogen and oxygen atoms in total. The number of esters is 1. The average molecular weight is 258 g/mol. The highest BCUT2D eigenvalue weighted by molar-refractivity contribution is 5.85. The van der Waals surface area contributed by atoms with Crippen molar-refractivity contribution in [3.63, 3.8) is 0 Å². The van der Waals surface area contributed by atoms with Gasteiger partial charge in [0.15, 0.2) is 0 Å². The summed E-state index contributed by atoms with van der Waals surface area (Å²) in [6.45, 7) is 4.13. The van der Waals surface area contributed by atoms with Gasteiger partial charge < -0.3 is 14.2 Å². The number of hydrogen-bond acceptors (Lipinski definition) is 7. The van der Waals surface area contributed by atoms with Crippen LogP contribution >= 0.6 is 0 Å². The Hall–Kier alpha value is -1.54. The van der Waals surface area contributed by atoms with Crippen LogP contribution in [0, 0.1) is 0 Å². The third kappa shape index (κ3) is 4.76. The van der Waals surface area contributed by atoms with Gasteiger partial charge in [-0.2, -0.15) is 0 Å². The maximum atomic E-state index is 11.5. The molecule has 0 spiro atoms. The molecule has 0 bridgehead atoms. The van der Waals surface area contributed by atoms with Gasteiger partial charge in [-0.3, -0.25) is 0 Å². The Morgan fingerprint density at radius 3 is 2.89 bits per heavy atom. The number of methoxy groups -OCH3 is 1. The topological polar surface area (TPSA) is 88.4 Å². The van der Waals surface area contributed by atoms with Crippen LogP contribution in [-0.2, 0) is 20.8 Å².